The molecular weight excluding hydrogens is 763 g/mol. The van der Waals surface area contributed by atoms with Gasteiger partial charge in [-0.05, 0) is 93.2 Å². The number of carbonyl (C=O) groups is 2. The summed E-state index contributed by atoms with van der Waals surface area (Å²) in [5.41, 5.74) is 11.2. The SMILES string of the molecule is COc1cc(C(=O)NC2CCC(N3CCN(CC4CC4)CC3)CC2)ccc1NC1=CC=C2C(N1)N(C1CCOCC1)[C@H](CN=[N+]=[N-])C(=O)N2CI. The molecule has 0 spiro atoms. The Morgan fingerprint density at radius 3 is 2.51 bits per heavy atom. The number of hydrogen-bond acceptors (Lipinski definition) is 10. The van der Waals surface area contributed by atoms with Gasteiger partial charge in [-0.3, -0.25) is 19.4 Å². The van der Waals surface area contributed by atoms with E-state index in [2.05, 4.69) is 63.3 Å². The number of alkyl halides is 1. The van der Waals surface area contributed by atoms with E-state index in [1.165, 1.54) is 45.6 Å². The fraction of sp³-hybridized carbons (Fsp3) is 0.667. The van der Waals surface area contributed by atoms with Gasteiger partial charge in [0.2, 0.25) is 5.91 Å². The highest BCUT2D eigenvalue weighted by Gasteiger charge is 2.47. The molecule has 2 aliphatic carbocycles. The van der Waals surface area contributed by atoms with Crippen LogP contribution in [0.2, 0.25) is 0 Å². The average Bonchev–Trinajstić information content (AvgIpc) is 3.99. The van der Waals surface area contributed by atoms with Gasteiger partial charge in [-0.25, -0.2) is 0 Å². The molecule has 5 fully saturated rings. The van der Waals surface area contributed by atoms with Crippen molar-refractivity contribution >= 4 is 40.1 Å². The number of rotatable bonds is 12. The van der Waals surface area contributed by atoms with Crippen LogP contribution in [-0.2, 0) is 9.53 Å². The maximum atomic E-state index is 13.7. The van der Waals surface area contributed by atoms with Crippen molar-refractivity contribution in [3.63, 3.8) is 0 Å². The third kappa shape index (κ3) is 8.44. The number of allylic oxidation sites excluding steroid dienone is 2. The summed E-state index contributed by atoms with van der Waals surface area (Å²) in [6.45, 7) is 7.29. The number of amides is 2. The summed E-state index contributed by atoms with van der Waals surface area (Å²) < 4.78 is 11.9. The summed E-state index contributed by atoms with van der Waals surface area (Å²) >= 11 is 2.20. The zero-order valence-corrected chi connectivity index (χ0v) is 31.7. The summed E-state index contributed by atoms with van der Waals surface area (Å²) in [7, 11) is 1.61. The molecule has 6 aliphatic rings. The van der Waals surface area contributed by atoms with E-state index in [1.807, 2.05) is 24.3 Å². The molecule has 2 atom stereocenters. The summed E-state index contributed by atoms with van der Waals surface area (Å²) in [6.07, 6.45) is 12.2. The van der Waals surface area contributed by atoms with Crippen LogP contribution in [0.15, 0.2) is 47.0 Å². The largest absolute Gasteiger partial charge is 0.495 e. The number of nitrogens with one attached hydrogen (secondary N) is 3. The van der Waals surface area contributed by atoms with Crippen molar-refractivity contribution in [3.8, 4) is 5.75 Å². The van der Waals surface area contributed by atoms with Gasteiger partial charge in [0.1, 0.15) is 17.7 Å². The van der Waals surface area contributed by atoms with E-state index in [9.17, 15) is 9.59 Å². The molecule has 1 unspecified atom stereocenters. The van der Waals surface area contributed by atoms with Crippen LogP contribution >= 0.6 is 22.6 Å². The number of fused-ring (bicyclic) bond motifs is 1. The molecule has 4 heterocycles. The second kappa shape index (κ2) is 16.7. The number of methoxy groups -OCH3 is 1. The van der Waals surface area contributed by atoms with E-state index < -0.39 is 6.04 Å². The van der Waals surface area contributed by atoms with Gasteiger partial charge in [-0.1, -0.05) is 27.7 Å². The summed E-state index contributed by atoms with van der Waals surface area (Å²) in [6, 6.07) is 5.78. The number of anilines is 1. The molecule has 2 saturated carbocycles. The minimum atomic E-state index is -0.595. The molecule has 0 bridgehead atoms. The molecule has 4 aliphatic heterocycles. The van der Waals surface area contributed by atoms with Crippen molar-refractivity contribution in [2.45, 2.75) is 81.7 Å². The number of azide groups is 1. The first-order chi connectivity index (χ1) is 24.9. The van der Waals surface area contributed by atoms with E-state index in [1.54, 1.807) is 18.1 Å². The average molecular weight is 815 g/mol. The number of piperazine rings is 2. The van der Waals surface area contributed by atoms with Gasteiger partial charge < -0.3 is 35.2 Å². The Morgan fingerprint density at radius 1 is 1.06 bits per heavy atom. The number of carbonyl (C=O) groups excluding carboxylic acids is 2. The Morgan fingerprint density at radius 2 is 1.82 bits per heavy atom. The van der Waals surface area contributed by atoms with Crippen LogP contribution in [0.4, 0.5) is 5.69 Å². The Bertz CT molecular complexity index is 1530. The Kier molecular flexibility index (Phi) is 11.9. The van der Waals surface area contributed by atoms with Gasteiger partial charge in [0, 0.05) is 74.5 Å². The lowest BCUT2D eigenvalue weighted by Crippen LogP contribution is -2.68. The number of dihydropyridines is 1. The van der Waals surface area contributed by atoms with Crippen LogP contribution in [-0.4, -0.2) is 126 Å². The van der Waals surface area contributed by atoms with Crippen LogP contribution in [0, 0.1) is 5.92 Å². The van der Waals surface area contributed by atoms with Crippen molar-refractivity contribution in [1.82, 2.24) is 30.2 Å². The maximum absolute atomic E-state index is 13.7. The minimum Gasteiger partial charge on any atom is -0.495 e. The molecule has 0 radical (unpaired) electrons. The smallest absolute Gasteiger partial charge is 0.251 e. The lowest BCUT2D eigenvalue weighted by molar-refractivity contribution is -0.143. The highest BCUT2D eigenvalue weighted by Crippen LogP contribution is 2.35. The van der Waals surface area contributed by atoms with Crippen molar-refractivity contribution in [2.75, 3.05) is 69.5 Å². The molecule has 7 rings (SSSR count). The number of hydrogen-bond donors (Lipinski definition) is 3. The lowest BCUT2D eigenvalue weighted by Gasteiger charge is -2.52. The predicted octanol–water partition coefficient (Wildman–Crippen LogP) is 4.22. The van der Waals surface area contributed by atoms with E-state index in [0.29, 0.717) is 40.8 Å². The fourth-order valence-corrected chi connectivity index (χ4v) is 9.19. The fourth-order valence-electron chi connectivity index (χ4n) is 8.46. The van der Waals surface area contributed by atoms with Crippen molar-refractivity contribution in [3.05, 3.63) is 57.9 Å². The van der Waals surface area contributed by atoms with Crippen molar-refractivity contribution in [1.29, 1.82) is 0 Å². The predicted molar refractivity (Wildman–Crippen MR) is 203 cm³/mol. The van der Waals surface area contributed by atoms with Gasteiger partial charge in [0.05, 0.1) is 35.6 Å². The lowest BCUT2D eigenvalue weighted by atomic mass is 9.89. The molecule has 51 heavy (non-hydrogen) atoms. The highest BCUT2D eigenvalue weighted by molar-refractivity contribution is 14.1. The Hall–Kier alpha value is -3.08. The van der Waals surface area contributed by atoms with E-state index in [-0.39, 0.29) is 36.6 Å². The topological polar surface area (TPSA) is 150 Å². The van der Waals surface area contributed by atoms with E-state index >= 15 is 0 Å². The molecule has 1 aromatic carbocycles. The first kappa shape index (κ1) is 36.3. The molecule has 0 aromatic heterocycles. The standard InChI is InChI=1S/C36H51IN10O4/c1-50-32-20-25(35(48)40-26-5-7-27(8-6-26)45-16-14-44(15-17-45)22-24-2-3-24)4-9-29(32)41-33-11-10-30-34(42-33)47(28-12-18-51-19-13-28)31(21-39-43-38)36(49)46(30)23-37/h4,9-11,20,24,26-28,31,34,41-42H,2-3,5-8,12-19,21-23H2,1H3,(H,40,48)/t26?,27?,31-,34?/m1/s1. The van der Waals surface area contributed by atoms with Crippen LogP contribution in [0.25, 0.3) is 10.4 Å². The first-order valence-corrected chi connectivity index (χ1v) is 20.1. The molecular formula is C36H51IN10O4. The van der Waals surface area contributed by atoms with E-state index in [0.717, 1.165) is 56.0 Å². The van der Waals surface area contributed by atoms with Gasteiger partial charge >= 0.3 is 0 Å². The second-order valence-electron chi connectivity index (χ2n) is 14.6. The number of halogens is 1. The van der Waals surface area contributed by atoms with E-state index in [4.69, 9.17) is 15.0 Å². The van der Waals surface area contributed by atoms with Crippen LogP contribution < -0.4 is 20.7 Å². The van der Waals surface area contributed by atoms with Gasteiger partial charge in [-0.2, -0.15) is 0 Å². The third-order valence-electron chi connectivity index (χ3n) is 11.5. The summed E-state index contributed by atoms with van der Waals surface area (Å²) in [5, 5.41) is 14.2. The summed E-state index contributed by atoms with van der Waals surface area (Å²) in [4.78, 5) is 39.3. The van der Waals surface area contributed by atoms with Crippen LogP contribution in [0.3, 0.4) is 0 Å². The van der Waals surface area contributed by atoms with Crippen LogP contribution in [0.5, 0.6) is 5.75 Å². The molecule has 3 saturated heterocycles. The normalized spacial score (nSPS) is 28.1. The second-order valence-corrected chi connectivity index (χ2v) is 15.3. The van der Waals surface area contributed by atoms with Crippen molar-refractivity contribution in [2.24, 2.45) is 11.0 Å². The number of ether oxygens (including phenoxy) is 2. The van der Waals surface area contributed by atoms with Gasteiger partial charge in [0.15, 0.2) is 0 Å². The molecule has 1 aromatic rings. The quantitative estimate of drug-likeness (QED) is 0.0705. The van der Waals surface area contributed by atoms with Gasteiger partial charge in [-0.15, -0.1) is 0 Å². The minimum absolute atomic E-state index is 0.0498. The maximum Gasteiger partial charge on any atom is 0.251 e. The summed E-state index contributed by atoms with van der Waals surface area (Å²) in [5.74, 6) is 2.09. The Labute approximate surface area is 314 Å². The van der Waals surface area contributed by atoms with Gasteiger partial charge in [0.25, 0.3) is 5.91 Å². The molecule has 2 amide bonds. The monoisotopic (exact) mass is 814 g/mol. The zero-order valence-electron chi connectivity index (χ0n) is 29.5. The molecule has 276 valence electrons. The molecule has 15 heteroatoms. The van der Waals surface area contributed by atoms with Crippen LogP contribution in [0.1, 0.15) is 61.7 Å². The van der Waals surface area contributed by atoms with Crippen molar-refractivity contribution < 1.29 is 19.1 Å². The third-order valence-corrected chi connectivity index (χ3v) is 12.1. The molecule has 14 nitrogen and oxygen atoms in total. The number of benzene rings is 1. The Balaban J connectivity index is 0.975. The first-order valence-electron chi connectivity index (χ1n) is 18.6. The zero-order chi connectivity index (χ0) is 35.3. The number of nitrogens with zero attached hydrogens (tertiary/aromatic N) is 7. The molecule has 3 N–H and O–H groups in total. The highest BCUT2D eigenvalue weighted by atomic mass is 127.